The Hall–Kier alpha value is -0.0800. The van der Waals surface area contributed by atoms with Crippen LogP contribution in [0.2, 0.25) is 0 Å². The average molecular weight is 200 g/mol. The van der Waals surface area contributed by atoms with Crippen molar-refractivity contribution in [2.24, 2.45) is 11.1 Å². The van der Waals surface area contributed by atoms with E-state index in [9.17, 15) is 0 Å². The van der Waals surface area contributed by atoms with Gasteiger partial charge in [-0.05, 0) is 38.8 Å². The molecule has 0 aliphatic carbocycles. The highest BCUT2D eigenvalue weighted by atomic mass is 15.1. The minimum absolute atomic E-state index is 0.299. The molecule has 2 atom stereocenters. The molecule has 0 heterocycles. The predicted molar refractivity (Wildman–Crippen MR) is 64.5 cm³/mol. The fraction of sp³-hybridized carbons (Fsp3) is 1.00. The molecule has 0 aromatic rings. The highest BCUT2D eigenvalue weighted by molar-refractivity contribution is 4.79. The zero-order valence-corrected chi connectivity index (χ0v) is 10.6. The van der Waals surface area contributed by atoms with E-state index in [1.807, 2.05) is 0 Å². The van der Waals surface area contributed by atoms with Crippen LogP contribution < -0.4 is 5.73 Å². The first kappa shape index (κ1) is 13.9. The smallest absolute Gasteiger partial charge is 0.00614 e. The monoisotopic (exact) mass is 200 g/mol. The Kier molecular flexibility index (Phi) is 6.38. The van der Waals surface area contributed by atoms with Crippen molar-refractivity contribution in [2.45, 2.75) is 53.0 Å². The Morgan fingerprint density at radius 1 is 1.36 bits per heavy atom. The van der Waals surface area contributed by atoms with Gasteiger partial charge in [-0.25, -0.2) is 0 Å². The molecular weight excluding hydrogens is 172 g/mol. The molecule has 0 aliphatic heterocycles. The van der Waals surface area contributed by atoms with E-state index in [4.69, 9.17) is 5.73 Å². The first-order valence-corrected chi connectivity index (χ1v) is 5.89. The SMILES string of the molecule is CCCC(C)(CN)CN(C)C(C)CC. The van der Waals surface area contributed by atoms with Crippen LogP contribution in [-0.2, 0) is 0 Å². The van der Waals surface area contributed by atoms with Crippen molar-refractivity contribution in [3.8, 4) is 0 Å². The molecule has 2 nitrogen and oxygen atoms in total. The summed E-state index contributed by atoms with van der Waals surface area (Å²) < 4.78 is 0. The average Bonchev–Trinajstić information content (AvgIpc) is 2.16. The van der Waals surface area contributed by atoms with Gasteiger partial charge in [0.2, 0.25) is 0 Å². The van der Waals surface area contributed by atoms with E-state index >= 15 is 0 Å². The van der Waals surface area contributed by atoms with Gasteiger partial charge >= 0.3 is 0 Å². The molecule has 14 heavy (non-hydrogen) atoms. The van der Waals surface area contributed by atoms with Crippen molar-refractivity contribution in [1.82, 2.24) is 4.90 Å². The normalized spacial score (nSPS) is 18.2. The van der Waals surface area contributed by atoms with Gasteiger partial charge in [0.1, 0.15) is 0 Å². The standard InChI is InChI=1S/C12H28N2/c1-6-8-12(4,9-13)10-14(5)11(3)7-2/h11H,6-10,13H2,1-5H3. The third-order valence-corrected chi connectivity index (χ3v) is 3.32. The summed E-state index contributed by atoms with van der Waals surface area (Å²) in [6, 6.07) is 0.665. The van der Waals surface area contributed by atoms with Gasteiger partial charge in [0.15, 0.2) is 0 Å². The fourth-order valence-electron chi connectivity index (χ4n) is 1.92. The van der Waals surface area contributed by atoms with Crippen LogP contribution in [0.1, 0.15) is 47.0 Å². The number of rotatable bonds is 7. The molecule has 0 amide bonds. The number of nitrogens with zero attached hydrogens (tertiary/aromatic N) is 1. The summed E-state index contributed by atoms with van der Waals surface area (Å²) in [5, 5.41) is 0. The van der Waals surface area contributed by atoms with Gasteiger partial charge in [0.05, 0.1) is 0 Å². The van der Waals surface area contributed by atoms with Gasteiger partial charge in [-0.2, -0.15) is 0 Å². The van der Waals surface area contributed by atoms with Crippen LogP contribution in [0.15, 0.2) is 0 Å². The number of hydrogen-bond donors (Lipinski definition) is 1. The predicted octanol–water partition coefficient (Wildman–Crippen LogP) is 2.48. The highest BCUT2D eigenvalue weighted by Crippen LogP contribution is 2.23. The second-order valence-corrected chi connectivity index (χ2v) is 4.94. The van der Waals surface area contributed by atoms with Crippen LogP contribution in [-0.4, -0.2) is 31.1 Å². The van der Waals surface area contributed by atoms with Gasteiger partial charge in [-0.3, -0.25) is 0 Å². The Morgan fingerprint density at radius 2 is 1.93 bits per heavy atom. The summed E-state index contributed by atoms with van der Waals surface area (Å²) in [6.07, 6.45) is 3.66. The first-order valence-electron chi connectivity index (χ1n) is 5.89. The molecule has 2 unspecified atom stereocenters. The second-order valence-electron chi connectivity index (χ2n) is 4.94. The van der Waals surface area contributed by atoms with E-state index < -0.39 is 0 Å². The zero-order valence-electron chi connectivity index (χ0n) is 10.6. The van der Waals surface area contributed by atoms with Crippen molar-refractivity contribution in [3.63, 3.8) is 0 Å². The van der Waals surface area contributed by atoms with Crippen LogP contribution in [0.3, 0.4) is 0 Å². The lowest BCUT2D eigenvalue weighted by Crippen LogP contribution is -2.42. The maximum absolute atomic E-state index is 5.86. The van der Waals surface area contributed by atoms with Gasteiger partial charge in [-0.15, -0.1) is 0 Å². The maximum Gasteiger partial charge on any atom is 0.00614 e. The van der Waals surface area contributed by atoms with E-state index in [2.05, 4.69) is 39.6 Å². The van der Waals surface area contributed by atoms with Crippen molar-refractivity contribution < 1.29 is 0 Å². The minimum atomic E-state index is 0.299. The van der Waals surface area contributed by atoms with Crippen LogP contribution in [0.5, 0.6) is 0 Å². The molecule has 0 saturated heterocycles. The quantitative estimate of drug-likeness (QED) is 0.684. The maximum atomic E-state index is 5.86. The number of nitrogens with two attached hydrogens (primary N) is 1. The van der Waals surface area contributed by atoms with Crippen molar-refractivity contribution in [1.29, 1.82) is 0 Å². The molecule has 0 saturated carbocycles. The molecule has 0 rings (SSSR count). The third kappa shape index (κ3) is 4.43. The van der Waals surface area contributed by atoms with E-state index in [-0.39, 0.29) is 0 Å². The summed E-state index contributed by atoms with van der Waals surface area (Å²) in [6.45, 7) is 11.0. The molecule has 0 radical (unpaired) electrons. The lowest BCUT2D eigenvalue weighted by molar-refractivity contribution is 0.148. The van der Waals surface area contributed by atoms with Crippen LogP contribution in [0.25, 0.3) is 0 Å². The van der Waals surface area contributed by atoms with Gasteiger partial charge < -0.3 is 10.6 Å². The van der Waals surface area contributed by atoms with Gasteiger partial charge in [-0.1, -0.05) is 27.2 Å². The van der Waals surface area contributed by atoms with E-state index in [0.29, 0.717) is 11.5 Å². The van der Waals surface area contributed by atoms with Crippen molar-refractivity contribution in [3.05, 3.63) is 0 Å². The lowest BCUT2D eigenvalue weighted by atomic mass is 9.85. The van der Waals surface area contributed by atoms with E-state index in [0.717, 1.165) is 13.1 Å². The molecular formula is C12H28N2. The van der Waals surface area contributed by atoms with E-state index in [1.165, 1.54) is 19.3 Å². The largest absolute Gasteiger partial charge is 0.330 e. The molecule has 86 valence electrons. The van der Waals surface area contributed by atoms with Crippen LogP contribution in [0.4, 0.5) is 0 Å². The molecule has 0 aromatic heterocycles. The van der Waals surface area contributed by atoms with Crippen molar-refractivity contribution >= 4 is 0 Å². The molecule has 2 N–H and O–H groups in total. The summed E-state index contributed by atoms with van der Waals surface area (Å²) in [5.74, 6) is 0. The van der Waals surface area contributed by atoms with Gasteiger partial charge in [0.25, 0.3) is 0 Å². The van der Waals surface area contributed by atoms with Gasteiger partial charge in [0, 0.05) is 12.6 Å². The molecule has 0 aromatic carbocycles. The topological polar surface area (TPSA) is 29.3 Å². The molecule has 0 spiro atoms. The van der Waals surface area contributed by atoms with Crippen LogP contribution in [0, 0.1) is 5.41 Å². The third-order valence-electron chi connectivity index (χ3n) is 3.32. The Balaban J connectivity index is 4.15. The fourth-order valence-corrected chi connectivity index (χ4v) is 1.92. The highest BCUT2D eigenvalue weighted by Gasteiger charge is 2.24. The molecule has 0 fully saturated rings. The molecule has 2 heteroatoms. The number of hydrogen-bond acceptors (Lipinski definition) is 2. The Morgan fingerprint density at radius 3 is 2.29 bits per heavy atom. The second kappa shape index (κ2) is 6.41. The van der Waals surface area contributed by atoms with E-state index in [1.54, 1.807) is 0 Å². The summed E-state index contributed by atoms with van der Waals surface area (Å²) >= 11 is 0. The molecule has 0 bridgehead atoms. The summed E-state index contributed by atoms with van der Waals surface area (Å²) in [5.41, 5.74) is 6.15. The minimum Gasteiger partial charge on any atom is -0.330 e. The lowest BCUT2D eigenvalue weighted by Gasteiger charge is -2.35. The zero-order chi connectivity index (χ0) is 11.2. The summed E-state index contributed by atoms with van der Waals surface area (Å²) in [7, 11) is 2.21. The van der Waals surface area contributed by atoms with Crippen LogP contribution >= 0.6 is 0 Å². The Labute approximate surface area is 89.9 Å². The Bertz CT molecular complexity index is 147. The summed E-state index contributed by atoms with van der Waals surface area (Å²) in [4.78, 5) is 2.43. The van der Waals surface area contributed by atoms with Crippen molar-refractivity contribution in [2.75, 3.05) is 20.1 Å². The molecule has 0 aliphatic rings. The first-order chi connectivity index (χ1) is 6.49.